The van der Waals surface area contributed by atoms with Gasteiger partial charge in [0, 0.05) is 0 Å². The molecule has 0 radical (unpaired) electrons. The zero-order valence-corrected chi connectivity index (χ0v) is 14.0. The molecular formula is C18H17N3O5. The molecule has 2 amide bonds. The maximum absolute atomic E-state index is 11.7. The van der Waals surface area contributed by atoms with Gasteiger partial charge in [-0.1, -0.05) is 12.1 Å². The number of amides is 2. The van der Waals surface area contributed by atoms with Gasteiger partial charge in [0.25, 0.3) is 11.8 Å². The molecule has 0 aliphatic carbocycles. The number of methoxy groups -OCH3 is 1. The molecule has 0 aliphatic rings. The van der Waals surface area contributed by atoms with Crippen molar-refractivity contribution in [2.24, 2.45) is 0 Å². The van der Waals surface area contributed by atoms with Crippen molar-refractivity contribution in [2.45, 2.75) is 0 Å². The summed E-state index contributed by atoms with van der Waals surface area (Å²) in [5.74, 6) is 0.272. The highest BCUT2D eigenvalue weighted by molar-refractivity contribution is 5.83. The van der Waals surface area contributed by atoms with Crippen molar-refractivity contribution in [1.82, 2.24) is 10.9 Å². The lowest BCUT2D eigenvalue weighted by Crippen LogP contribution is -2.45. The Kier molecular flexibility index (Phi) is 6.83. The monoisotopic (exact) mass is 355 g/mol. The number of ether oxygens (including phenoxy) is 3. The summed E-state index contributed by atoms with van der Waals surface area (Å²) in [7, 11) is 1.50. The summed E-state index contributed by atoms with van der Waals surface area (Å²) in [4.78, 5) is 23.4. The molecule has 8 nitrogen and oxygen atoms in total. The van der Waals surface area contributed by atoms with Crippen LogP contribution in [0, 0.1) is 11.3 Å². The Labute approximate surface area is 150 Å². The maximum atomic E-state index is 11.7. The number of benzene rings is 2. The van der Waals surface area contributed by atoms with Gasteiger partial charge in [0.1, 0.15) is 5.75 Å². The van der Waals surface area contributed by atoms with Crippen LogP contribution in [-0.2, 0) is 9.59 Å². The molecule has 2 aromatic rings. The zero-order chi connectivity index (χ0) is 18.8. The lowest BCUT2D eigenvalue weighted by atomic mass is 10.2. The first kappa shape index (κ1) is 18.6. The minimum atomic E-state index is -0.542. The number of carbonyl (C=O) groups is 2. The molecule has 0 spiro atoms. The molecule has 0 aliphatic heterocycles. The van der Waals surface area contributed by atoms with Crippen LogP contribution < -0.4 is 25.1 Å². The van der Waals surface area contributed by atoms with Gasteiger partial charge in [0.15, 0.2) is 24.7 Å². The van der Waals surface area contributed by atoms with E-state index in [1.165, 1.54) is 7.11 Å². The predicted molar refractivity (Wildman–Crippen MR) is 91.4 cm³/mol. The molecule has 0 saturated heterocycles. The summed E-state index contributed by atoms with van der Waals surface area (Å²) in [5.41, 5.74) is 4.92. The first-order valence-corrected chi connectivity index (χ1v) is 7.59. The van der Waals surface area contributed by atoms with Crippen LogP contribution in [0.15, 0.2) is 48.5 Å². The van der Waals surface area contributed by atoms with E-state index in [4.69, 9.17) is 19.5 Å². The molecule has 134 valence electrons. The van der Waals surface area contributed by atoms with E-state index in [1.54, 1.807) is 48.5 Å². The average molecular weight is 355 g/mol. The lowest BCUT2D eigenvalue weighted by Gasteiger charge is -2.11. The molecule has 0 unspecified atom stereocenters. The van der Waals surface area contributed by atoms with Crippen LogP contribution in [0.5, 0.6) is 17.2 Å². The van der Waals surface area contributed by atoms with E-state index in [2.05, 4.69) is 10.9 Å². The number of para-hydroxylation sites is 2. The second-order valence-electron chi connectivity index (χ2n) is 4.96. The molecule has 0 heterocycles. The van der Waals surface area contributed by atoms with Gasteiger partial charge in [-0.2, -0.15) is 5.26 Å². The molecule has 2 rings (SSSR count). The Morgan fingerprint density at radius 2 is 1.50 bits per heavy atom. The minimum absolute atomic E-state index is 0.292. The first-order chi connectivity index (χ1) is 12.6. The van der Waals surface area contributed by atoms with Crippen LogP contribution in [0.25, 0.3) is 0 Å². The number of rotatable bonds is 7. The van der Waals surface area contributed by atoms with E-state index in [1.807, 2.05) is 6.07 Å². The number of carbonyl (C=O) groups excluding carboxylic acids is 2. The van der Waals surface area contributed by atoms with Crippen LogP contribution >= 0.6 is 0 Å². The molecule has 26 heavy (non-hydrogen) atoms. The Hall–Kier alpha value is -3.73. The number of hydrogen-bond acceptors (Lipinski definition) is 6. The van der Waals surface area contributed by atoms with Crippen molar-refractivity contribution >= 4 is 11.8 Å². The number of nitrogens with one attached hydrogen (secondary N) is 2. The summed E-state index contributed by atoms with van der Waals surface area (Å²) >= 11 is 0. The van der Waals surface area contributed by atoms with E-state index >= 15 is 0 Å². The number of nitrogens with zero attached hydrogens (tertiary/aromatic N) is 1. The highest BCUT2D eigenvalue weighted by atomic mass is 16.5. The van der Waals surface area contributed by atoms with Crippen molar-refractivity contribution in [3.8, 4) is 23.3 Å². The average Bonchev–Trinajstić information content (AvgIpc) is 2.69. The maximum Gasteiger partial charge on any atom is 0.276 e. The van der Waals surface area contributed by atoms with Crippen LogP contribution in [0.3, 0.4) is 0 Å². The summed E-state index contributed by atoms with van der Waals surface area (Å²) in [6.45, 7) is -0.587. The van der Waals surface area contributed by atoms with Crippen molar-refractivity contribution in [2.75, 3.05) is 20.3 Å². The van der Waals surface area contributed by atoms with E-state index in [9.17, 15) is 9.59 Å². The van der Waals surface area contributed by atoms with Crippen molar-refractivity contribution in [3.05, 3.63) is 54.1 Å². The largest absolute Gasteiger partial charge is 0.493 e. The minimum Gasteiger partial charge on any atom is -0.493 e. The topological polar surface area (TPSA) is 110 Å². The van der Waals surface area contributed by atoms with Gasteiger partial charge >= 0.3 is 0 Å². The van der Waals surface area contributed by atoms with Gasteiger partial charge in [0.05, 0.1) is 18.7 Å². The standard InChI is InChI=1S/C18H17N3O5/c1-24-15-4-2-3-5-16(15)26-12-18(23)21-20-17(22)11-25-14-8-6-13(10-19)7-9-14/h2-9H,11-12H2,1H3,(H,20,22)(H,21,23). The van der Waals surface area contributed by atoms with Gasteiger partial charge in [-0.05, 0) is 36.4 Å². The third kappa shape index (κ3) is 5.72. The van der Waals surface area contributed by atoms with E-state index in [-0.39, 0.29) is 13.2 Å². The second kappa shape index (κ2) is 9.54. The van der Waals surface area contributed by atoms with Crippen LogP contribution in [0.2, 0.25) is 0 Å². The van der Waals surface area contributed by atoms with E-state index in [0.717, 1.165) is 0 Å². The molecule has 0 bridgehead atoms. The number of hydrogen-bond donors (Lipinski definition) is 2. The van der Waals surface area contributed by atoms with Crippen LogP contribution in [0.1, 0.15) is 5.56 Å². The molecular weight excluding hydrogens is 338 g/mol. The van der Waals surface area contributed by atoms with Crippen molar-refractivity contribution < 1.29 is 23.8 Å². The fourth-order valence-corrected chi connectivity index (χ4v) is 1.87. The summed E-state index contributed by atoms with van der Waals surface area (Å²) in [6.07, 6.45) is 0. The molecule has 2 N–H and O–H groups in total. The summed E-state index contributed by atoms with van der Waals surface area (Å²) < 4.78 is 15.7. The first-order valence-electron chi connectivity index (χ1n) is 7.59. The Bertz CT molecular complexity index is 799. The van der Waals surface area contributed by atoms with Crippen LogP contribution in [0.4, 0.5) is 0 Å². The predicted octanol–water partition coefficient (Wildman–Crippen LogP) is 1.17. The summed E-state index contributed by atoms with van der Waals surface area (Å²) in [5, 5.41) is 8.70. The third-order valence-electron chi connectivity index (χ3n) is 3.12. The smallest absolute Gasteiger partial charge is 0.276 e. The Morgan fingerprint density at radius 3 is 2.08 bits per heavy atom. The van der Waals surface area contributed by atoms with Gasteiger partial charge in [0.2, 0.25) is 0 Å². The fourth-order valence-electron chi connectivity index (χ4n) is 1.87. The van der Waals surface area contributed by atoms with Gasteiger partial charge < -0.3 is 14.2 Å². The fraction of sp³-hybridized carbons (Fsp3) is 0.167. The SMILES string of the molecule is COc1ccccc1OCC(=O)NNC(=O)COc1ccc(C#N)cc1. The highest BCUT2D eigenvalue weighted by Gasteiger charge is 2.08. The molecule has 0 saturated carbocycles. The lowest BCUT2D eigenvalue weighted by molar-refractivity contribution is -0.131. The van der Waals surface area contributed by atoms with Gasteiger partial charge in [-0.3, -0.25) is 20.4 Å². The van der Waals surface area contributed by atoms with E-state index < -0.39 is 11.8 Å². The number of hydrazine groups is 1. The van der Waals surface area contributed by atoms with E-state index in [0.29, 0.717) is 22.8 Å². The molecule has 0 aromatic heterocycles. The Morgan fingerprint density at radius 1 is 0.923 bits per heavy atom. The summed E-state index contributed by atoms with van der Waals surface area (Å²) in [6, 6.07) is 15.2. The molecule has 2 aromatic carbocycles. The van der Waals surface area contributed by atoms with Crippen molar-refractivity contribution in [3.63, 3.8) is 0 Å². The van der Waals surface area contributed by atoms with Gasteiger partial charge in [-0.15, -0.1) is 0 Å². The molecule has 8 heteroatoms. The zero-order valence-electron chi connectivity index (χ0n) is 14.0. The Balaban J connectivity index is 1.69. The highest BCUT2D eigenvalue weighted by Crippen LogP contribution is 2.25. The molecule has 0 atom stereocenters. The number of nitriles is 1. The van der Waals surface area contributed by atoms with Crippen molar-refractivity contribution in [1.29, 1.82) is 5.26 Å². The normalized spacial score (nSPS) is 9.54. The van der Waals surface area contributed by atoms with Crippen LogP contribution in [-0.4, -0.2) is 32.1 Å². The third-order valence-corrected chi connectivity index (χ3v) is 3.12. The second-order valence-corrected chi connectivity index (χ2v) is 4.96. The van der Waals surface area contributed by atoms with Gasteiger partial charge in [-0.25, -0.2) is 0 Å². The molecule has 0 fully saturated rings. The quantitative estimate of drug-likeness (QED) is 0.722.